The van der Waals surface area contributed by atoms with Gasteiger partial charge in [0.2, 0.25) is 0 Å². The van der Waals surface area contributed by atoms with Gasteiger partial charge in [0.15, 0.2) is 0 Å². The summed E-state index contributed by atoms with van der Waals surface area (Å²) in [6.45, 7) is 0. The minimum absolute atomic E-state index is 0.316. The largest absolute Gasteiger partial charge is 0.613 e. The number of hydrogen-bond donors (Lipinski definition) is 0. The van der Waals surface area contributed by atoms with Gasteiger partial charge < -0.3 is 13.3 Å². The Kier molecular flexibility index (Phi) is 2.37. The van der Waals surface area contributed by atoms with Crippen LogP contribution in [0, 0.1) is 0 Å². The highest BCUT2D eigenvalue weighted by Gasteiger charge is 2.51. The molecule has 14 heavy (non-hydrogen) atoms. The van der Waals surface area contributed by atoms with Gasteiger partial charge in [0.05, 0.1) is 18.3 Å². The first-order valence-electron chi connectivity index (χ1n) is 5.46. The Balaban J connectivity index is 1.56. The quantitative estimate of drug-likeness (QED) is 0.521. The molecule has 0 saturated heterocycles. The Bertz CT molecular complexity index is 190. The molecule has 0 bridgehead atoms. The monoisotopic (exact) mass is 234 g/mol. The zero-order valence-corrected chi connectivity index (χ0v) is 9.83. The van der Waals surface area contributed by atoms with E-state index < -0.39 is 8.11 Å². The zero-order valence-electron chi connectivity index (χ0n) is 8.08. The summed E-state index contributed by atoms with van der Waals surface area (Å²) in [6, 6.07) is 0. The SMILES string of the molecule is Cl[Si](OC1CC1)(OC1CC1)OC1CC1. The number of halogens is 1. The van der Waals surface area contributed by atoms with Crippen LogP contribution in [0.4, 0.5) is 0 Å². The van der Waals surface area contributed by atoms with Crippen molar-refractivity contribution in [2.45, 2.75) is 56.8 Å². The first-order chi connectivity index (χ1) is 6.73. The van der Waals surface area contributed by atoms with Gasteiger partial charge in [-0.15, -0.1) is 0 Å². The van der Waals surface area contributed by atoms with Crippen molar-refractivity contribution in [1.82, 2.24) is 0 Å². The van der Waals surface area contributed by atoms with Gasteiger partial charge in [-0.2, -0.15) is 0 Å². The lowest BCUT2D eigenvalue weighted by atomic mass is 10.9. The van der Waals surface area contributed by atoms with Crippen LogP contribution < -0.4 is 0 Å². The molecule has 0 spiro atoms. The molecule has 0 radical (unpaired) electrons. The van der Waals surface area contributed by atoms with E-state index in [9.17, 15) is 0 Å². The van der Waals surface area contributed by atoms with Crippen molar-refractivity contribution in [3.8, 4) is 0 Å². The molecule has 0 aromatic heterocycles. The van der Waals surface area contributed by atoms with Gasteiger partial charge >= 0.3 is 8.11 Å². The van der Waals surface area contributed by atoms with Crippen molar-refractivity contribution in [1.29, 1.82) is 0 Å². The van der Waals surface area contributed by atoms with Gasteiger partial charge in [0.25, 0.3) is 0 Å². The Hall–Kier alpha value is 0.387. The first-order valence-corrected chi connectivity index (χ1v) is 8.19. The summed E-state index contributed by atoms with van der Waals surface area (Å²) in [4.78, 5) is 0. The molecule has 0 aromatic rings. The van der Waals surface area contributed by atoms with Crippen LogP contribution in [0.1, 0.15) is 38.5 Å². The molecule has 0 amide bonds. The van der Waals surface area contributed by atoms with E-state index in [1.54, 1.807) is 0 Å². The molecule has 0 N–H and O–H groups in total. The fourth-order valence-corrected chi connectivity index (χ4v) is 4.44. The number of hydrogen-bond acceptors (Lipinski definition) is 3. The van der Waals surface area contributed by atoms with Gasteiger partial charge in [-0.25, -0.2) is 0 Å². The van der Waals surface area contributed by atoms with Crippen LogP contribution in [-0.4, -0.2) is 26.4 Å². The smallest absolute Gasteiger partial charge is 0.358 e. The topological polar surface area (TPSA) is 27.7 Å². The molecule has 3 fully saturated rings. The molecule has 0 aromatic carbocycles. The summed E-state index contributed by atoms with van der Waals surface area (Å²) in [5.41, 5.74) is 0. The highest BCUT2D eigenvalue weighted by Crippen LogP contribution is 2.38. The third-order valence-electron chi connectivity index (χ3n) is 2.50. The summed E-state index contributed by atoms with van der Waals surface area (Å²) >= 11 is 6.32. The minimum atomic E-state index is -2.78. The Morgan fingerprint density at radius 3 is 1.21 bits per heavy atom. The van der Waals surface area contributed by atoms with Crippen LogP contribution in [-0.2, 0) is 13.3 Å². The van der Waals surface area contributed by atoms with Crippen molar-refractivity contribution < 1.29 is 13.3 Å². The van der Waals surface area contributed by atoms with E-state index in [0.717, 1.165) is 38.5 Å². The predicted molar refractivity (Wildman–Crippen MR) is 53.9 cm³/mol. The number of rotatable bonds is 6. The molecule has 3 aliphatic carbocycles. The summed E-state index contributed by atoms with van der Waals surface area (Å²) in [6.07, 6.45) is 7.64. The van der Waals surface area contributed by atoms with E-state index in [0.29, 0.717) is 18.3 Å². The molecule has 3 aliphatic rings. The summed E-state index contributed by atoms with van der Waals surface area (Å²) in [7, 11) is -2.78. The highest BCUT2D eigenvalue weighted by molar-refractivity contribution is 7.09. The molecule has 3 rings (SSSR count). The van der Waals surface area contributed by atoms with E-state index in [2.05, 4.69) is 0 Å². The standard InChI is InChI=1S/C9H15ClO3Si/c10-14(11-7-1-2-7,12-8-3-4-8)13-9-5-6-9/h7-9H,1-6H2. The maximum Gasteiger partial charge on any atom is 0.613 e. The molecular weight excluding hydrogens is 220 g/mol. The molecule has 5 heteroatoms. The molecule has 0 atom stereocenters. The second-order valence-corrected chi connectivity index (χ2v) is 7.49. The minimum Gasteiger partial charge on any atom is -0.358 e. The van der Waals surface area contributed by atoms with Crippen molar-refractivity contribution >= 4 is 19.2 Å². The molecule has 3 nitrogen and oxygen atoms in total. The highest BCUT2D eigenvalue weighted by atomic mass is 35.6. The average molecular weight is 235 g/mol. The Morgan fingerprint density at radius 2 is 1.00 bits per heavy atom. The zero-order chi connectivity index (χ0) is 9.60. The van der Waals surface area contributed by atoms with E-state index in [1.807, 2.05) is 0 Å². The average Bonchev–Trinajstić information content (AvgIpc) is 2.90. The van der Waals surface area contributed by atoms with Crippen LogP contribution in [0.5, 0.6) is 0 Å². The van der Waals surface area contributed by atoms with Gasteiger partial charge in [-0.1, -0.05) is 11.1 Å². The van der Waals surface area contributed by atoms with Gasteiger partial charge in [-0.05, 0) is 38.5 Å². The van der Waals surface area contributed by atoms with Crippen LogP contribution in [0.25, 0.3) is 0 Å². The maximum absolute atomic E-state index is 6.32. The summed E-state index contributed by atoms with van der Waals surface area (Å²) in [5.74, 6) is 0. The van der Waals surface area contributed by atoms with Crippen LogP contribution >= 0.6 is 11.1 Å². The Labute approximate surface area is 89.7 Å². The molecule has 0 aliphatic heterocycles. The van der Waals surface area contributed by atoms with Crippen LogP contribution in [0.2, 0.25) is 0 Å². The van der Waals surface area contributed by atoms with Gasteiger partial charge in [0, 0.05) is 0 Å². The Morgan fingerprint density at radius 1 is 0.714 bits per heavy atom. The molecule has 3 saturated carbocycles. The van der Waals surface area contributed by atoms with E-state index in [1.165, 1.54) is 0 Å². The van der Waals surface area contributed by atoms with E-state index in [4.69, 9.17) is 24.4 Å². The molecule has 0 unspecified atom stereocenters. The summed E-state index contributed by atoms with van der Waals surface area (Å²) < 4.78 is 17.1. The van der Waals surface area contributed by atoms with Gasteiger partial charge in [-0.3, -0.25) is 0 Å². The molecular formula is C9H15ClO3Si. The third-order valence-corrected chi connectivity index (χ3v) is 5.14. The fourth-order valence-electron chi connectivity index (χ4n) is 1.24. The van der Waals surface area contributed by atoms with Crippen LogP contribution in [0.3, 0.4) is 0 Å². The second kappa shape index (κ2) is 3.45. The summed E-state index contributed by atoms with van der Waals surface area (Å²) in [5, 5.41) is 0. The fraction of sp³-hybridized carbons (Fsp3) is 1.00. The van der Waals surface area contributed by atoms with E-state index >= 15 is 0 Å². The molecule has 0 heterocycles. The van der Waals surface area contributed by atoms with Crippen molar-refractivity contribution in [2.24, 2.45) is 0 Å². The third kappa shape index (κ3) is 2.70. The lowest BCUT2D eigenvalue weighted by Gasteiger charge is -2.22. The lowest BCUT2D eigenvalue weighted by molar-refractivity contribution is 0.0640. The van der Waals surface area contributed by atoms with Crippen LogP contribution in [0.15, 0.2) is 0 Å². The molecule has 80 valence electrons. The van der Waals surface area contributed by atoms with Crippen molar-refractivity contribution in [3.05, 3.63) is 0 Å². The van der Waals surface area contributed by atoms with Crippen molar-refractivity contribution in [2.75, 3.05) is 0 Å². The van der Waals surface area contributed by atoms with Crippen molar-refractivity contribution in [3.63, 3.8) is 0 Å². The van der Waals surface area contributed by atoms with Gasteiger partial charge in [0.1, 0.15) is 0 Å². The normalized spacial score (nSPS) is 28.1. The second-order valence-electron chi connectivity index (χ2n) is 4.43. The van der Waals surface area contributed by atoms with E-state index in [-0.39, 0.29) is 0 Å². The maximum atomic E-state index is 6.32. The predicted octanol–water partition coefficient (Wildman–Crippen LogP) is 2.20. The first kappa shape index (κ1) is 9.60. The lowest BCUT2D eigenvalue weighted by Crippen LogP contribution is -2.42.